The molecule has 0 bridgehead atoms. The summed E-state index contributed by atoms with van der Waals surface area (Å²) in [6, 6.07) is 13.6. The van der Waals surface area contributed by atoms with Crippen molar-refractivity contribution in [2.24, 2.45) is 0 Å². The van der Waals surface area contributed by atoms with E-state index in [9.17, 15) is 13.2 Å². The highest BCUT2D eigenvalue weighted by atomic mass is 35.5. The molecule has 2 rings (SSSR count). The Morgan fingerprint density at radius 3 is 2.30 bits per heavy atom. The lowest BCUT2D eigenvalue weighted by molar-refractivity contribution is 0.0742. The first-order chi connectivity index (χ1) is 10.7. The van der Waals surface area contributed by atoms with Crippen molar-refractivity contribution in [3.05, 3.63) is 64.7 Å². The second-order valence-corrected chi connectivity index (χ2v) is 7.84. The summed E-state index contributed by atoms with van der Waals surface area (Å²) >= 11 is 6.09. The smallest absolute Gasteiger partial charge is 0.255 e. The number of benzene rings is 2. The second-order valence-electron chi connectivity index (χ2n) is 5.42. The molecule has 0 unspecified atom stereocenters. The van der Waals surface area contributed by atoms with Gasteiger partial charge in [0.25, 0.3) is 5.91 Å². The Morgan fingerprint density at radius 2 is 1.74 bits per heavy atom. The molecule has 0 radical (unpaired) electrons. The van der Waals surface area contributed by atoms with Gasteiger partial charge in [-0.15, -0.1) is 0 Å². The summed E-state index contributed by atoms with van der Waals surface area (Å²) in [5, 5.41) is 0.231. The van der Waals surface area contributed by atoms with Crippen LogP contribution in [0, 0.1) is 0 Å². The molecule has 0 N–H and O–H groups in total. The number of nitrogens with zero attached hydrogens (tertiary/aromatic N) is 1. The van der Waals surface area contributed by atoms with Gasteiger partial charge in [-0.1, -0.05) is 41.9 Å². The Bertz CT molecular complexity index is 819. The molecule has 4 nitrogen and oxygen atoms in total. The number of hydrogen-bond acceptors (Lipinski definition) is 3. The molecule has 0 heterocycles. The van der Waals surface area contributed by atoms with Crippen molar-refractivity contribution in [1.82, 2.24) is 4.90 Å². The molecule has 0 aliphatic carbocycles. The Balaban J connectivity index is 2.36. The van der Waals surface area contributed by atoms with Crippen LogP contribution in [0.3, 0.4) is 0 Å². The molecule has 2 aromatic carbocycles. The molecule has 0 fully saturated rings. The first-order valence-electron chi connectivity index (χ1n) is 7.03. The molecule has 23 heavy (non-hydrogen) atoms. The van der Waals surface area contributed by atoms with E-state index in [1.165, 1.54) is 18.2 Å². The van der Waals surface area contributed by atoms with Crippen LogP contribution in [0.4, 0.5) is 0 Å². The summed E-state index contributed by atoms with van der Waals surface area (Å²) in [5.41, 5.74) is 1.17. The minimum atomic E-state index is -3.40. The molecular formula is C17H18ClNO3S. The molecule has 1 amide bonds. The zero-order chi connectivity index (χ0) is 17.2. The standard InChI is InChI=1S/C17H18ClNO3S/c1-12(13-7-5-4-6-8-13)19(2)17(20)15-11-14(23(3,21)22)9-10-16(15)18/h4-12H,1-3H3/t12-/m0/s1. The average molecular weight is 352 g/mol. The van der Waals surface area contributed by atoms with Crippen molar-refractivity contribution in [2.45, 2.75) is 17.9 Å². The van der Waals surface area contributed by atoms with Crippen molar-refractivity contribution in [2.75, 3.05) is 13.3 Å². The molecule has 2 aromatic rings. The van der Waals surface area contributed by atoms with Gasteiger partial charge in [0.2, 0.25) is 0 Å². The van der Waals surface area contributed by atoms with Crippen LogP contribution < -0.4 is 0 Å². The van der Waals surface area contributed by atoms with Gasteiger partial charge < -0.3 is 4.90 Å². The van der Waals surface area contributed by atoms with E-state index in [-0.39, 0.29) is 27.4 Å². The first-order valence-corrected chi connectivity index (χ1v) is 9.30. The van der Waals surface area contributed by atoms with Gasteiger partial charge in [0.05, 0.1) is 21.5 Å². The fourth-order valence-electron chi connectivity index (χ4n) is 2.22. The fraction of sp³-hybridized carbons (Fsp3) is 0.235. The van der Waals surface area contributed by atoms with Gasteiger partial charge in [0, 0.05) is 13.3 Å². The van der Waals surface area contributed by atoms with Crippen LogP contribution in [0.25, 0.3) is 0 Å². The molecule has 0 saturated carbocycles. The van der Waals surface area contributed by atoms with Gasteiger partial charge in [0.1, 0.15) is 0 Å². The molecule has 6 heteroatoms. The highest BCUT2D eigenvalue weighted by Gasteiger charge is 2.22. The number of carbonyl (C=O) groups is 1. The SMILES string of the molecule is C[C@@H](c1ccccc1)N(C)C(=O)c1cc(S(C)(=O)=O)ccc1Cl. The van der Waals surface area contributed by atoms with E-state index in [4.69, 9.17) is 11.6 Å². The lowest BCUT2D eigenvalue weighted by Gasteiger charge is -2.26. The average Bonchev–Trinajstić information content (AvgIpc) is 2.53. The quantitative estimate of drug-likeness (QED) is 0.846. The maximum Gasteiger partial charge on any atom is 0.255 e. The summed E-state index contributed by atoms with van der Waals surface area (Å²) in [5.74, 6) is -0.322. The van der Waals surface area contributed by atoms with E-state index in [0.29, 0.717) is 0 Å². The highest BCUT2D eigenvalue weighted by Crippen LogP contribution is 2.25. The Labute approximate surface area is 141 Å². The van der Waals surface area contributed by atoms with Crippen LogP contribution >= 0.6 is 11.6 Å². The summed E-state index contributed by atoms with van der Waals surface area (Å²) in [6.07, 6.45) is 1.10. The lowest BCUT2D eigenvalue weighted by Crippen LogP contribution is -2.30. The summed E-state index contributed by atoms with van der Waals surface area (Å²) in [6.45, 7) is 1.90. The Kier molecular flexibility index (Phi) is 5.12. The monoisotopic (exact) mass is 351 g/mol. The van der Waals surface area contributed by atoms with E-state index in [0.717, 1.165) is 11.8 Å². The number of sulfone groups is 1. The van der Waals surface area contributed by atoms with Crippen LogP contribution in [0.2, 0.25) is 5.02 Å². The van der Waals surface area contributed by atoms with Gasteiger partial charge in [-0.2, -0.15) is 0 Å². The van der Waals surface area contributed by atoms with Crippen molar-refractivity contribution in [3.8, 4) is 0 Å². The zero-order valence-corrected chi connectivity index (χ0v) is 14.7. The largest absolute Gasteiger partial charge is 0.335 e. The summed E-state index contributed by atoms with van der Waals surface area (Å²) < 4.78 is 23.4. The minimum absolute atomic E-state index is 0.0750. The van der Waals surface area contributed by atoms with E-state index < -0.39 is 9.84 Å². The van der Waals surface area contributed by atoms with E-state index in [1.807, 2.05) is 37.3 Å². The van der Waals surface area contributed by atoms with Gasteiger partial charge in [-0.3, -0.25) is 4.79 Å². The molecule has 0 aliphatic rings. The van der Waals surface area contributed by atoms with Crippen molar-refractivity contribution in [3.63, 3.8) is 0 Å². The van der Waals surface area contributed by atoms with Crippen LogP contribution in [0.5, 0.6) is 0 Å². The molecule has 0 saturated heterocycles. The highest BCUT2D eigenvalue weighted by molar-refractivity contribution is 7.90. The predicted molar refractivity (Wildman–Crippen MR) is 91.5 cm³/mol. The van der Waals surface area contributed by atoms with Gasteiger partial charge in [-0.05, 0) is 30.7 Å². The molecular weight excluding hydrogens is 334 g/mol. The third-order valence-electron chi connectivity index (χ3n) is 3.78. The summed E-state index contributed by atoms with van der Waals surface area (Å²) in [7, 11) is -1.73. The van der Waals surface area contributed by atoms with Gasteiger partial charge >= 0.3 is 0 Å². The van der Waals surface area contributed by atoms with Crippen molar-refractivity contribution in [1.29, 1.82) is 0 Å². The van der Waals surface area contributed by atoms with E-state index in [2.05, 4.69) is 0 Å². The van der Waals surface area contributed by atoms with Gasteiger partial charge in [-0.25, -0.2) is 8.42 Å². The number of carbonyl (C=O) groups excluding carboxylic acids is 1. The zero-order valence-electron chi connectivity index (χ0n) is 13.2. The number of halogens is 1. The lowest BCUT2D eigenvalue weighted by atomic mass is 10.1. The van der Waals surface area contributed by atoms with E-state index in [1.54, 1.807) is 11.9 Å². The third kappa shape index (κ3) is 3.92. The number of rotatable bonds is 4. The summed E-state index contributed by atoms with van der Waals surface area (Å²) in [4.78, 5) is 14.3. The second kappa shape index (κ2) is 6.72. The Hall–Kier alpha value is -1.85. The number of hydrogen-bond donors (Lipinski definition) is 0. The maximum absolute atomic E-state index is 12.7. The fourth-order valence-corrected chi connectivity index (χ4v) is 3.07. The van der Waals surface area contributed by atoms with Crippen LogP contribution in [-0.4, -0.2) is 32.5 Å². The van der Waals surface area contributed by atoms with Crippen LogP contribution in [-0.2, 0) is 9.84 Å². The third-order valence-corrected chi connectivity index (χ3v) is 5.22. The normalized spacial score (nSPS) is 12.7. The predicted octanol–water partition coefficient (Wildman–Crippen LogP) is 3.58. The first kappa shape index (κ1) is 17.5. The topological polar surface area (TPSA) is 54.5 Å². The van der Waals surface area contributed by atoms with Crippen molar-refractivity contribution < 1.29 is 13.2 Å². The van der Waals surface area contributed by atoms with Crippen LogP contribution in [0.15, 0.2) is 53.4 Å². The number of amides is 1. The molecule has 0 aromatic heterocycles. The van der Waals surface area contributed by atoms with Gasteiger partial charge in [0.15, 0.2) is 9.84 Å². The van der Waals surface area contributed by atoms with Crippen molar-refractivity contribution >= 4 is 27.3 Å². The minimum Gasteiger partial charge on any atom is -0.335 e. The molecule has 122 valence electrons. The van der Waals surface area contributed by atoms with E-state index >= 15 is 0 Å². The Morgan fingerprint density at radius 1 is 1.13 bits per heavy atom. The molecule has 0 spiro atoms. The molecule has 0 aliphatic heterocycles. The van der Waals surface area contributed by atoms with Crippen LogP contribution in [0.1, 0.15) is 28.9 Å². The maximum atomic E-state index is 12.7. The molecule has 1 atom stereocenters.